The number of ether oxygens (including phenoxy) is 1. The van der Waals surface area contributed by atoms with Crippen LogP contribution in [-0.2, 0) is 24.1 Å². The van der Waals surface area contributed by atoms with Crippen molar-refractivity contribution in [1.29, 1.82) is 0 Å². The van der Waals surface area contributed by atoms with Crippen LogP contribution < -0.4 is 0 Å². The number of hydrogen-bond acceptors (Lipinski definition) is 4. The molecule has 0 fully saturated rings. The Balaban J connectivity index is 1.94. The number of hydrogen-bond donors (Lipinski definition) is 0. The monoisotopic (exact) mass is 386 g/mol. The van der Waals surface area contributed by atoms with Crippen molar-refractivity contribution in [2.45, 2.75) is 26.3 Å². The largest absolute Gasteiger partial charge is 0.416 e. The number of fused-ring (bicyclic) bond motifs is 3. The van der Waals surface area contributed by atoms with E-state index in [0.717, 1.165) is 17.7 Å². The molecule has 8 heteroatoms. The molecule has 28 heavy (non-hydrogen) atoms. The average molecular weight is 386 g/mol. The van der Waals surface area contributed by atoms with E-state index < -0.39 is 11.7 Å². The van der Waals surface area contributed by atoms with Crippen LogP contribution in [-0.4, -0.2) is 27.1 Å². The molecule has 2 heterocycles. The van der Waals surface area contributed by atoms with Gasteiger partial charge in [0.2, 0.25) is 0 Å². The zero-order valence-corrected chi connectivity index (χ0v) is 15.1. The lowest BCUT2D eigenvalue weighted by atomic mass is 9.98. The van der Waals surface area contributed by atoms with E-state index in [1.54, 1.807) is 4.57 Å². The molecule has 5 nitrogen and oxygen atoms in total. The number of aliphatic imine (C=N–C) groups is 1. The molecule has 0 spiro atoms. The van der Waals surface area contributed by atoms with E-state index in [4.69, 9.17) is 4.74 Å². The Hall–Kier alpha value is -3.00. The first kappa shape index (κ1) is 18.4. The van der Waals surface area contributed by atoms with Gasteiger partial charge in [0.25, 0.3) is 0 Å². The van der Waals surface area contributed by atoms with Crippen LogP contribution in [0.25, 0.3) is 5.69 Å². The molecule has 3 aromatic rings. The summed E-state index contributed by atoms with van der Waals surface area (Å²) in [6.45, 7) is 2.78. The highest BCUT2D eigenvalue weighted by Crippen LogP contribution is 2.34. The van der Waals surface area contributed by atoms with Crippen LogP contribution in [0.3, 0.4) is 0 Å². The van der Waals surface area contributed by atoms with Gasteiger partial charge in [0.1, 0.15) is 13.2 Å². The first-order valence-electron chi connectivity index (χ1n) is 8.82. The van der Waals surface area contributed by atoms with Crippen molar-refractivity contribution in [1.82, 2.24) is 14.8 Å². The highest BCUT2D eigenvalue weighted by molar-refractivity contribution is 6.15. The molecule has 0 amide bonds. The van der Waals surface area contributed by atoms with Gasteiger partial charge < -0.3 is 4.74 Å². The van der Waals surface area contributed by atoms with Gasteiger partial charge >= 0.3 is 6.18 Å². The first-order valence-corrected chi connectivity index (χ1v) is 8.82. The van der Waals surface area contributed by atoms with Gasteiger partial charge in [-0.05, 0) is 25.1 Å². The van der Waals surface area contributed by atoms with Crippen molar-refractivity contribution >= 4 is 5.71 Å². The van der Waals surface area contributed by atoms with Crippen LogP contribution in [0.1, 0.15) is 35.3 Å². The zero-order chi connectivity index (χ0) is 19.7. The Labute approximate surface area is 159 Å². The molecule has 0 aliphatic carbocycles. The summed E-state index contributed by atoms with van der Waals surface area (Å²) in [5.41, 5.74) is 1.46. The summed E-state index contributed by atoms with van der Waals surface area (Å²) in [5, 5.41) is 8.31. The minimum atomic E-state index is -4.45. The predicted molar refractivity (Wildman–Crippen MR) is 97.5 cm³/mol. The third-order valence-corrected chi connectivity index (χ3v) is 4.48. The smallest absolute Gasteiger partial charge is 0.374 e. The number of aromatic nitrogens is 3. The van der Waals surface area contributed by atoms with E-state index in [2.05, 4.69) is 15.2 Å². The zero-order valence-electron chi connectivity index (χ0n) is 15.1. The first-order chi connectivity index (χ1) is 13.5. The van der Waals surface area contributed by atoms with Crippen molar-refractivity contribution in [2.24, 2.45) is 4.99 Å². The van der Waals surface area contributed by atoms with Gasteiger partial charge in [0, 0.05) is 17.7 Å². The summed E-state index contributed by atoms with van der Waals surface area (Å²) in [5.74, 6) is 1.09. The topological polar surface area (TPSA) is 52.3 Å². The van der Waals surface area contributed by atoms with Gasteiger partial charge in [0.15, 0.2) is 11.6 Å². The lowest BCUT2D eigenvalue weighted by Crippen LogP contribution is -2.13. The number of rotatable bonds is 4. The molecule has 1 aliphatic heterocycles. The van der Waals surface area contributed by atoms with E-state index >= 15 is 0 Å². The van der Waals surface area contributed by atoms with Crippen molar-refractivity contribution in [3.63, 3.8) is 0 Å². The quantitative estimate of drug-likeness (QED) is 0.676. The van der Waals surface area contributed by atoms with Crippen LogP contribution in [0.2, 0.25) is 0 Å². The number of nitrogens with zero attached hydrogens (tertiary/aromatic N) is 4. The van der Waals surface area contributed by atoms with E-state index in [1.165, 1.54) is 6.07 Å². The molecule has 0 atom stereocenters. The van der Waals surface area contributed by atoms with Gasteiger partial charge in [0.05, 0.1) is 17.0 Å². The Morgan fingerprint density at radius 3 is 2.57 bits per heavy atom. The SMILES string of the molecule is CCOCc1nnc2n1-c1ccc(C(F)(F)F)cc1C(c1ccccc1)=NC2. The lowest BCUT2D eigenvalue weighted by Gasteiger charge is -2.16. The highest BCUT2D eigenvalue weighted by Gasteiger charge is 2.33. The van der Waals surface area contributed by atoms with Crippen LogP contribution in [0.5, 0.6) is 0 Å². The molecular formula is C20H17F3N4O. The summed E-state index contributed by atoms with van der Waals surface area (Å²) in [7, 11) is 0. The van der Waals surface area contributed by atoms with Crippen molar-refractivity contribution in [2.75, 3.05) is 6.61 Å². The Morgan fingerprint density at radius 1 is 1.07 bits per heavy atom. The number of benzene rings is 2. The molecule has 144 valence electrons. The third-order valence-electron chi connectivity index (χ3n) is 4.48. The Morgan fingerprint density at radius 2 is 1.86 bits per heavy atom. The van der Waals surface area contributed by atoms with Crippen molar-refractivity contribution in [3.05, 3.63) is 76.9 Å². The van der Waals surface area contributed by atoms with Crippen LogP contribution in [0.15, 0.2) is 53.5 Å². The van der Waals surface area contributed by atoms with Crippen LogP contribution in [0.4, 0.5) is 13.2 Å². The fraction of sp³-hybridized carbons (Fsp3) is 0.250. The van der Waals surface area contributed by atoms with Gasteiger partial charge in [-0.3, -0.25) is 9.56 Å². The minimum absolute atomic E-state index is 0.208. The predicted octanol–water partition coefficient (Wildman–Crippen LogP) is 4.17. The summed E-state index contributed by atoms with van der Waals surface area (Å²) >= 11 is 0. The second-order valence-corrected chi connectivity index (χ2v) is 6.27. The maximum Gasteiger partial charge on any atom is 0.416 e. The van der Waals surface area contributed by atoms with Crippen molar-refractivity contribution in [3.8, 4) is 5.69 Å². The van der Waals surface area contributed by atoms with Crippen LogP contribution >= 0.6 is 0 Å². The van der Waals surface area contributed by atoms with E-state index in [1.807, 2.05) is 37.3 Å². The summed E-state index contributed by atoms with van der Waals surface area (Å²) < 4.78 is 47.3. The Kier molecular flexibility index (Phi) is 4.72. The van der Waals surface area contributed by atoms with E-state index in [0.29, 0.717) is 35.2 Å². The van der Waals surface area contributed by atoms with Gasteiger partial charge in [-0.25, -0.2) is 0 Å². The lowest BCUT2D eigenvalue weighted by molar-refractivity contribution is -0.137. The van der Waals surface area contributed by atoms with Gasteiger partial charge in [-0.1, -0.05) is 30.3 Å². The molecule has 0 saturated heterocycles. The molecule has 1 aliphatic rings. The van der Waals surface area contributed by atoms with Crippen molar-refractivity contribution < 1.29 is 17.9 Å². The molecule has 0 saturated carbocycles. The molecule has 0 N–H and O–H groups in total. The maximum atomic E-state index is 13.4. The molecule has 2 aromatic carbocycles. The minimum Gasteiger partial charge on any atom is -0.374 e. The molecular weight excluding hydrogens is 369 g/mol. The van der Waals surface area contributed by atoms with E-state index in [9.17, 15) is 13.2 Å². The molecule has 0 unspecified atom stereocenters. The fourth-order valence-electron chi connectivity index (χ4n) is 3.20. The average Bonchev–Trinajstić information content (AvgIpc) is 3.01. The number of alkyl halides is 3. The summed E-state index contributed by atoms with van der Waals surface area (Å²) in [6, 6.07) is 12.8. The van der Waals surface area contributed by atoms with Crippen LogP contribution in [0, 0.1) is 0 Å². The maximum absolute atomic E-state index is 13.4. The number of halogens is 3. The summed E-state index contributed by atoms with van der Waals surface area (Å²) in [4.78, 5) is 4.58. The molecule has 0 radical (unpaired) electrons. The highest BCUT2D eigenvalue weighted by atomic mass is 19.4. The van der Waals surface area contributed by atoms with Gasteiger partial charge in [-0.15, -0.1) is 10.2 Å². The second-order valence-electron chi connectivity index (χ2n) is 6.27. The second kappa shape index (κ2) is 7.20. The summed E-state index contributed by atoms with van der Waals surface area (Å²) in [6.07, 6.45) is -4.45. The van der Waals surface area contributed by atoms with Gasteiger partial charge in [-0.2, -0.15) is 13.2 Å². The van der Waals surface area contributed by atoms with E-state index in [-0.39, 0.29) is 13.2 Å². The normalized spacial score (nSPS) is 13.5. The molecule has 1 aromatic heterocycles. The third kappa shape index (κ3) is 3.31. The standard InChI is InChI=1S/C20H17F3N4O/c1-2-28-12-18-26-25-17-11-24-19(13-6-4-3-5-7-13)15-10-14(20(21,22)23)8-9-16(15)27(17)18/h3-10H,2,11-12H2,1H3. The molecule has 0 bridgehead atoms. The Bertz CT molecular complexity index is 1030. The molecule has 4 rings (SSSR count). The fourth-order valence-corrected chi connectivity index (χ4v) is 3.20.